The molecule has 144 valence electrons. The number of carbonyl (C=O) groups is 2. The Kier molecular flexibility index (Phi) is 6.53. The molecule has 0 fully saturated rings. The molecule has 1 atom stereocenters. The van der Waals surface area contributed by atoms with E-state index in [1.165, 1.54) is 18.2 Å². The Morgan fingerprint density at radius 1 is 1.19 bits per heavy atom. The Balaban J connectivity index is 2.17. The summed E-state index contributed by atoms with van der Waals surface area (Å²) >= 11 is 5.77. The molecule has 0 bridgehead atoms. The van der Waals surface area contributed by atoms with Crippen LogP contribution in [-0.4, -0.2) is 31.4 Å². The molecule has 27 heavy (non-hydrogen) atoms. The molecule has 0 heterocycles. The van der Waals surface area contributed by atoms with Gasteiger partial charge in [-0.3, -0.25) is 4.79 Å². The molecule has 7 nitrogen and oxygen atoms in total. The van der Waals surface area contributed by atoms with Crippen molar-refractivity contribution in [1.29, 1.82) is 0 Å². The van der Waals surface area contributed by atoms with Crippen molar-refractivity contribution < 1.29 is 27.5 Å². The Morgan fingerprint density at radius 3 is 2.37 bits per heavy atom. The van der Waals surface area contributed by atoms with Crippen molar-refractivity contribution >= 4 is 39.2 Å². The van der Waals surface area contributed by atoms with E-state index in [9.17, 15) is 22.4 Å². The number of rotatable bonds is 7. The van der Waals surface area contributed by atoms with Gasteiger partial charge in [0.15, 0.2) is 0 Å². The normalized spacial score (nSPS) is 12.4. The first-order chi connectivity index (χ1) is 12.6. The number of halogens is 2. The summed E-state index contributed by atoms with van der Waals surface area (Å²) in [5.74, 6) is -2.53. The zero-order valence-corrected chi connectivity index (χ0v) is 15.6. The van der Waals surface area contributed by atoms with Crippen LogP contribution in [-0.2, 0) is 14.8 Å². The second-order valence-electron chi connectivity index (χ2n) is 5.53. The average molecular weight is 415 g/mol. The molecule has 0 spiro atoms. The summed E-state index contributed by atoms with van der Waals surface area (Å²) in [6.45, 7) is 1.60. The molecule has 2 aromatic rings. The van der Waals surface area contributed by atoms with Crippen LogP contribution in [0.2, 0.25) is 5.02 Å². The number of amides is 1. The predicted octanol–water partition coefficient (Wildman–Crippen LogP) is 2.87. The van der Waals surface area contributed by atoms with Crippen molar-refractivity contribution in [2.24, 2.45) is 0 Å². The largest absolute Gasteiger partial charge is 0.478 e. The van der Waals surface area contributed by atoms with Gasteiger partial charge in [0.1, 0.15) is 11.9 Å². The molecule has 1 unspecified atom stereocenters. The first-order valence-corrected chi connectivity index (χ1v) is 9.61. The highest BCUT2D eigenvalue weighted by Crippen LogP contribution is 2.21. The third kappa shape index (κ3) is 5.25. The number of carbonyl (C=O) groups excluding carboxylic acids is 1. The highest BCUT2D eigenvalue weighted by atomic mass is 35.5. The molecular weight excluding hydrogens is 399 g/mol. The molecule has 0 aliphatic heterocycles. The molecule has 10 heteroatoms. The number of anilines is 1. The maximum Gasteiger partial charge on any atom is 0.337 e. The van der Waals surface area contributed by atoms with Crippen LogP contribution in [0.15, 0.2) is 47.4 Å². The zero-order chi connectivity index (χ0) is 20.2. The molecule has 2 aromatic carbocycles. The smallest absolute Gasteiger partial charge is 0.337 e. The summed E-state index contributed by atoms with van der Waals surface area (Å²) in [7, 11) is -4.05. The van der Waals surface area contributed by atoms with E-state index in [0.717, 1.165) is 24.3 Å². The Bertz CT molecular complexity index is 964. The minimum absolute atomic E-state index is 0.00422. The van der Waals surface area contributed by atoms with Crippen LogP contribution in [0.3, 0.4) is 0 Å². The monoisotopic (exact) mass is 414 g/mol. The van der Waals surface area contributed by atoms with Crippen molar-refractivity contribution in [1.82, 2.24) is 4.72 Å². The minimum Gasteiger partial charge on any atom is -0.478 e. The lowest BCUT2D eigenvalue weighted by Crippen LogP contribution is -2.43. The van der Waals surface area contributed by atoms with Gasteiger partial charge < -0.3 is 10.4 Å². The summed E-state index contributed by atoms with van der Waals surface area (Å²) in [5, 5.41) is 11.5. The third-order valence-electron chi connectivity index (χ3n) is 3.61. The minimum atomic E-state index is -4.05. The molecule has 0 aliphatic rings. The first kappa shape index (κ1) is 20.8. The van der Waals surface area contributed by atoms with Crippen molar-refractivity contribution in [2.75, 3.05) is 5.32 Å². The van der Waals surface area contributed by atoms with E-state index in [4.69, 9.17) is 16.7 Å². The molecule has 0 aliphatic carbocycles. The van der Waals surface area contributed by atoms with E-state index in [0.29, 0.717) is 0 Å². The van der Waals surface area contributed by atoms with E-state index in [1.807, 2.05) is 0 Å². The summed E-state index contributed by atoms with van der Waals surface area (Å²) in [5.41, 5.74) is -0.0457. The molecular formula is C17H16ClFN2O5S. The lowest BCUT2D eigenvalue weighted by Gasteiger charge is -2.17. The van der Waals surface area contributed by atoms with Gasteiger partial charge in [-0.05, 0) is 48.9 Å². The fraction of sp³-hybridized carbons (Fsp3) is 0.176. The van der Waals surface area contributed by atoms with Gasteiger partial charge in [-0.15, -0.1) is 0 Å². The van der Waals surface area contributed by atoms with Gasteiger partial charge in [0.05, 0.1) is 15.5 Å². The van der Waals surface area contributed by atoms with E-state index >= 15 is 0 Å². The van der Waals surface area contributed by atoms with Crippen LogP contribution in [0.25, 0.3) is 0 Å². The van der Waals surface area contributed by atoms with Crippen molar-refractivity contribution in [3.05, 3.63) is 58.9 Å². The second-order valence-corrected chi connectivity index (χ2v) is 7.65. The quantitative estimate of drug-likeness (QED) is 0.644. The molecule has 0 saturated carbocycles. The molecule has 1 amide bonds. The standard InChI is InChI=1S/C17H16ClFN2O5S/c1-2-15(21-27(25,26)12-6-3-10(19)4-7-12)16(22)20-11-5-8-14(18)13(9-11)17(23)24/h3-9,15,21H,2H2,1H3,(H,20,22)(H,23,24). The Labute approximate surface area is 160 Å². The number of aromatic carboxylic acids is 1. The summed E-state index contributed by atoms with van der Waals surface area (Å²) in [6.07, 6.45) is 0.131. The van der Waals surface area contributed by atoms with Gasteiger partial charge in [-0.1, -0.05) is 18.5 Å². The van der Waals surface area contributed by atoms with Crippen LogP contribution in [0, 0.1) is 5.82 Å². The molecule has 2 rings (SSSR count). The summed E-state index contributed by atoms with van der Waals surface area (Å²) in [6, 6.07) is 6.92. The van der Waals surface area contributed by atoms with Crippen LogP contribution < -0.4 is 10.0 Å². The second kappa shape index (κ2) is 8.47. The fourth-order valence-electron chi connectivity index (χ4n) is 2.19. The van der Waals surface area contributed by atoms with Gasteiger partial charge in [-0.2, -0.15) is 4.72 Å². The van der Waals surface area contributed by atoms with Crippen molar-refractivity contribution in [2.45, 2.75) is 24.3 Å². The summed E-state index contributed by atoms with van der Waals surface area (Å²) < 4.78 is 39.9. The number of hydrogen-bond acceptors (Lipinski definition) is 4. The molecule has 0 aromatic heterocycles. The van der Waals surface area contributed by atoms with Gasteiger partial charge in [0.25, 0.3) is 0 Å². The zero-order valence-electron chi connectivity index (χ0n) is 14.1. The summed E-state index contributed by atoms with van der Waals surface area (Å²) in [4.78, 5) is 23.3. The Morgan fingerprint density at radius 2 is 1.81 bits per heavy atom. The number of nitrogens with one attached hydrogen (secondary N) is 2. The average Bonchev–Trinajstić information content (AvgIpc) is 2.61. The number of benzene rings is 2. The van der Waals surface area contributed by atoms with E-state index in [2.05, 4.69) is 10.0 Å². The number of sulfonamides is 1. The third-order valence-corrected chi connectivity index (χ3v) is 5.43. The van der Waals surface area contributed by atoms with Gasteiger partial charge in [-0.25, -0.2) is 17.6 Å². The number of hydrogen-bond donors (Lipinski definition) is 3. The van der Waals surface area contributed by atoms with Crippen molar-refractivity contribution in [3.63, 3.8) is 0 Å². The lowest BCUT2D eigenvalue weighted by molar-refractivity contribution is -0.117. The van der Waals surface area contributed by atoms with E-state index < -0.39 is 33.8 Å². The number of carboxylic acid groups (broad SMARTS) is 1. The predicted molar refractivity (Wildman–Crippen MR) is 97.8 cm³/mol. The van der Waals surface area contributed by atoms with Crippen LogP contribution in [0.1, 0.15) is 23.7 Å². The van der Waals surface area contributed by atoms with Gasteiger partial charge in [0.2, 0.25) is 15.9 Å². The Hall–Kier alpha value is -2.49. The molecule has 3 N–H and O–H groups in total. The fourth-order valence-corrected chi connectivity index (χ4v) is 3.66. The van der Waals surface area contributed by atoms with Crippen LogP contribution in [0.4, 0.5) is 10.1 Å². The van der Waals surface area contributed by atoms with Crippen LogP contribution in [0.5, 0.6) is 0 Å². The molecule has 0 saturated heterocycles. The van der Waals surface area contributed by atoms with Crippen molar-refractivity contribution in [3.8, 4) is 0 Å². The first-order valence-electron chi connectivity index (χ1n) is 7.75. The lowest BCUT2D eigenvalue weighted by atomic mass is 10.2. The van der Waals surface area contributed by atoms with Gasteiger partial charge in [0, 0.05) is 5.69 Å². The van der Waals surface area contributed by atoms with E-state index in [-0.39, 0.29) is 27.6 Å². The van der Waals surface area contributed by atoms with E-state index in [1.54, 1.807) is 6.92 Å². The number of carboxylic acids is 1. The van der Waals surface area contributed by atoms with Crippen LogP contribution >= 0.6 is 11.6 Å². The topological polar surface area (TPSA) is 113 Å². The highest BCUT2D eigenvalue weighted by Gasteiger charge is 2.25. The van der Waals surface area contributed by atoms with Gasteiger partial charge >= 0.3 is 5.97 Å². The highest BCUT2D eigenvalue weighted by molar-refractivity contribution is 7.89. The SMILES string of the molecule is CCC(NS(=O)(=O)c1ccc(F)cc1)C(=O)Nc1ccc(Cl)c(C(=O)O)c1. The maximum absolute atomic E-state index is 13.0. The maximum atomic E-state index is 13.0. The molecule has 0 radical (unpaired) electrons.